The van der Waals surface area contributed by atoms with Crippen LogP contribution in [-0.4, -0.2) is 11.7 Å². The molecule has 0 aliphatic heterocycles. The maximum absolute atomic E-state index is 9.63. The molecule has 1 unspecified atom stereocenters. The molecule has 0 bridgehead atoms. The van der Waals surface area contributed by atoms with E-state index in [1.54, 1.807) is 26.0 Å². The molecular weight excluding hydrogens is 200 g/mol. The van der Waals surface area contributed by atoms with Crippen molar-refractivity contribution in [2.45, 2.75) is 19.9 Å². The summed E-state index contributed by atoms with van der Waals surface area (Å²) in [5, 5.41) is 21.6. The molecule has 0 aliphatic carbocycles. The van der Waals surface area contributed by atoms with Gasteiger partial charge in [-0.25, -0.2) is 0 Å². The van der Waals surface area contributed by atoms with Gasteiger partial charge >= 0.3 is 0 Å². The van der Waals surface area contributed by atoms with Gasteiger partial charge in [-0.2, -0.15) is 5.26 Å². The van der Waals surface area contributed by atoms with Crippen LogP contribution in [0.4, 0.5) is 0 Å². The molecule has 16 heavy (non-hydrogen) atoms. The Hall–Kier alpha value is -1.97. The monoisotopic (exact) mass is 214 g/mol. The highest BCUT2D eigenvalue weighted by atomic mass is 16.3. The fourth-order valence-corrected chi connectivity index (χ4v) is 1.56. The quantitative estimate of drug-likeness (QED) is 0.754. The summed E-state index contributed by atoms with van der Waals surface area (Å²) in [6.45, 7) is 3.96. The minimum Gasteiger partial charge on any atom is -0.507 e. The number of terminal acetylenes is 1. The Morgan fingerprint density at radius 3 is 2.44 bits per heavy atom. The lowest BCUT2D eigenvalue weighted by Crippen LogP contribution is -2.20. The summed E-state index contributed by atoms with van der Waals surface area (Å²) < 4.78 is 0. The van der Waals surface area contributed by atoms with Gasteiger partial charge in [0.15, 0.2) is 0 Å². The minimum absolute atomic E-state index is 0.275. The average molecular weight is 214 g/mol. The van der Waals surface area contributed by atoms with E-state index in [0.29, 0.717) is 6.54 Å². The Morgan fingerprint density at radius 2 is 2.00 bits per heavy atom. The third kappa shape index (κ3) is 2.53. The van der Waals surface area contributed by atoms with E-state index in [9.17, 15) is 5.11 Å². The van der Waals surface area contributed by atoms with E-state index < -0.39 is 6.04 Å². The van der Waals surface area contributed by atoms with Crippen LogP contribution in [0.3, 0.4) is 0 Å². The minimum atomic E-state index is -0.436. The van der Waals surface area contributed by atoms with Crippen molar-refractivity contribution in [3.63, 3.8) is 0 Å². The maximum atomic E-state index is 9.63. The number of benzene rings is 1. The van der Waals surface area contributed by atoms with E-state index in [1.165, 1.54) is 0 Å². The number of nitriles is 1. The highest BCUT2D eigenvalue weighted by molar-refractivity contribution is 5.44. The zero-order valence-corrected chi connectivity index (χ0v) is 9.41. The number of hydrogen-bond acceptors (Lipinski definition) is 3. The van der Waals surface area contributed by atoms with Crippen LogP contribution in [0.5, 0.6) is 5.75 Å². The van der Waals surface area contributed by atoms with Crippen LogP contribution in [0.1, 0.15) is 22.7 Å². The molecule has 0 saturated carbocycles. The predicted octanol–water partition coefficient (Wildman–Crippen LogP) is 1.80. The summed E-state index contributed by atoms with van der Waals surface area (Å²) in [4.78, 5) is 0. The number of aryl methyl sites for hydroxylation is 2. The van der Waals surface area contributed by atoms with Crippen molar-refractivity contribution in [1.29, 1.82) is 5.26 Å². The van der Waals surface area contributed by atoms with Crippen molar-refractivity contribution in [2.24, 2.45) is 0 Å². The molecule has 0 aromatic heterocycles. The molecule has 82 valence electrons. The molecule has 0 radical (unpaired) electrons. The van der Waals surface area contributed by atoms with Crippen molar-refractivity contribution >= 4 is 0 Å². The Balaban J connectivity index is 3.04. The Kier molecular flexibility index (Phi) is 3.94. The highest BCUT2D eigenvalue weighted by Gasteiger charge is 2.12. The van der Waals surface area contributed by atoms with Gasteiger partial charge in [-0.3, -0.25) is 5.32 Å². The number of phenolic OH excluding ortho intramolecular Hbond substituents is 1. The van der Waals surface area contributed by atoms with Gasteiger partial charge in [-0.15, -0.1) is 6.42 Å². The van der Waals surface area contributed by atoms with E-state index in [1.807, 2.05) is 0 Å². The number of hydrogen-bond donors (Lipinski definition) is 2. The van der Waals surface area contributed by atoms with Gasteiger partial charge in [-0.05, 0) is 42.7 Å². The highest BCUT2D eigenvalue weighted by Crippen LogP contribution is 2.25. The summed E-state index contributed by atoms with van der Waals surface area (Å²) in [6.07, 6.45) is 5.13. The molecule has 2 N–H and O–H groups in total. The molecule has 1 rings (SSSR count). The van der Waals surface area contributed by atoms with Crippen LogP contribution in [0, 0.1) is 37.5 Å². The molecule has 0 fully saturated rings. The molecule has 3 nitrogen and oxygen atoms in total. The van der Waals surface area contributed by atoms with Gasteiger partial charge in [0.2, 0.25) is 0 Å². The lowest BCUT2D eigenvalue weighted by molar-refractivity contribution is 0.466. The van der Waals surface area contributed by atoms with E-state index >= 15 is 0 Å². The molecule has 1 aromatic carbocycles. The molecule has 0 amide bonds. The first-order valence-electron chi connectivity index (χ1n) is 4.96. The lowest BCUT2D eigenvalue weighted by atomic mass is 10.0. The molecule has 3 heteroatoms. The summed E-state index contributed by atoms with van der Waals surface area (Å²) in [5.41, 5.74) is 2.35. The van der Waals surface area contributed by atoms with Gasteiger partial charge in [0.1, 0.15) is 11.8 Å². The second kappa shape index (κ2) is 5.21. The van der Waals surface area contributed by atoms with E-state index in [0.717, 1.165) is 16.7 Å². The van der Waals surface area contributed by atoms with Crippen LogP contribution < -0.4 is 5.32 Å². The molecule has 1 aromatic rings. The molecule has 0 saturated heterocycles. The predicted molar refractivity (Wildman–Crippen MR) is 62.8 cm³/mol. The van der Waals surface area contributed by atoms with E-state index in [-0.39, 0.29) is 5.75 Å². The number of aromatic hydroxyl groups is 1. The number of nitrogens with zero attached hydrogens (tertiary/aromatic N) is 1. The molecule has 0 spiro atoms. The maximum Gasteiger partial charge on any atom is 0.122 e. The topological polar surface area (TPSA) is 56.0 Å². The second-order valence-corrected chi connectivity index (χ2v) is 3.65. The van der Waals surface area contributed by atoms with Gasteiger partial charge in [0.25, 0.3) is 0 Å². The van der Waals surface area contributed by atoms with Crippen LogP contribution in [0.15, 0.2) is 12.1 Å². The first-order valence-corrected chi connectivity index (χ1v) is 4.96. The van der Waals surface area contributed by atoms with E-state index in [4.69, 9.17) is 11.7 Å². The van der Waals surface area contributed by atoms with Gasteiger partial charge in [-0.1, -0.05) is 5.92 Å². The Morgan fingerprint density at radius 1 is 1.44 bits per heavy atom. The number of rotatable bonds is 3. The first kappa shape index (κ1) is 12.1. The summed E-state index contributed by atoms with van der Waals surface area (Å²) in [5.74, 6) is 2.71. The van der Waals surface area contributed by atoms with Crippen molar-refractivity contribution < 1.29 is 5.11 Å². The normalized spacial score (nSPS) is 11.5. The summed E-state index contributed by atoms with van der Waals surface area (Å²) in [6, 6.07) is 5.29. The Labute approximate surface area is 95.7 Å². The van der Waals surface area contributed by atoms with Crippen molar-refractivity contribution in [1.82, 2.24) is 5.32 Å². The van der Waals surface area contributed by atoms with Crippen LogP contribution >= 0.6 is 0 Å². The van der Waals surface area contributed by atoms with Crippen LogP contribution in [-0.2, 0) is 0 Å². The van der Waals surface area contributed by atoms with Crippen LogP contribution in [0.25, 0.3) is 0 Å². The molecular formula is C13H14N2O. The second-order valence-electron chi connectivity index (χ2n) is 3.65. The number of phenols is 1. The standard InChI is InChI=1S/C13H14N2O/c1-4-5-15-12(8-14)11-6-9(2)13(16)10(3)7-11/h1,6-7,12,15-16H,5H2,2-3H3. The van der Waals surface area contributed by atoms with Crippen LogP contribution in [0.2, 0.25) is 0 Å². The van der Waals surface area contributed by atoms with Gasteiger partial charge in [0, 0.05) is 0 Å². The largest absolute Gasteiger partial charge is 0.507 e. The summed E-state index contributed by atoms with van der Waals surface area (Å²) >= 11 is 0. The molecule has 0 aliphatic rings. The first-order chi connectivity index (χ1) is 7.60. The third-order valence-corrected chi connectivity index (χ3v) is 2.38. The summed E-state index contributed by atoms with van der Waals surface area (Å²) in [7, 11) is 0. The zero-order valence-electron chi connectivity index (χ0n) is 9.41. The number of nitrogens with one attached hydrogen (secondary N) is 1. The van der Waals surface area contributed by atoms with Crippen molar-refractivity contribution in [2.75, 3.05) is 6.54 Å². The Bertz CT molecular complexity index is 443. The van der Waals surface area contributed by atoms with Gasteiger partial charge in [0.05, 0.1) is 12.6 Å². The fourth-order valence-electron chi connectivity index (χ4n) is 1.56. The van der Waals surface area contributed by atoms with E-state index in [2.05, 4.69) is 17.3 Å². The molecule has 1 atom stereocenters. The fraction of sp³-hybridized carbons (Fsp3) is 0.308. The zero-order chi connectivity index (χ0) is 12.1. The van der Waals surface area contributed by atoms with Crippen molar-refractivity contribution in [3.8, 4) is 24.2 Å². The van der Waals surface area contributed by atoms with Crippen molar-refractivity contribution in [3.05, 3.63) is 28.8 Å². The average Bonchev–Trinajstić information content (AvgIpc) is 2.26. The SMILES string of the molecule is C#CCNC(C#N)c1cc(C)c(O)c(C)c1. The van der Waals surface area contributed by atoms with Gasteiger partial charge < -0.3 is 5.11 Å². The third-order valence-electron chi connectivity index (χ3n) is 2.38. The molecule has 0 heterocycles. The lowest BCUT2D eigenvalue weighted by Gasteiger charge is -2.13. The smallest absolute Gasteiger partial charge is 0.122 e.